The molecular formula is C20H28F2N4O. The van der Waals surface area contributed by atoms with E-state index in [9.17, 15) is 13.6 Å². The fourth-order valence-electron chi connectivity index (χ4n) is 3.91. The Bertz CT molecular complexity index is 867. The van der Waals surface area contributed by atoms with Crippen molar-refractivity contribution in [2.75, 3.05) is 19.6 Å². The Kier molecular flexibility index (Phi) is 6.22. The van der Waals surface area contributed by atoms with Crippen LogP contribution < -0.4 is 10.9 Å². The van der Waals surface area contributed by atoms with Gasteiger partial charge < -0.3 is 5.32 Å². The number of aromatic nitrogens is 2. The highest BCUT2D eigenvalue weighted by Gasteiger charge is 2.27. The van der Waals surface area contributed by atoms with Crippen LogP contribution in [0.5, 0.6) is 0 Å². The number of rotatable bonds is 5. The SMILES string of the molecule is CCC[C@H](c1nc2ccc(F)c(F)c2c(=O)n1CC)N1CCN[C@H](C)CC1. The molecule has 0 radical (unpaired) electrons. The molecule has 0 amide bonds. The normalized spacial score (nSPS) is 20.0. The monoisotopic (exact) mass is 378 g/mol. The quantitative estimate of drug-likeness (QED) is 0.868. The molecule has 0 spiro atoms. The summed E-state index contributed by atoms with van der Waals surface area (Å²) in [4.78, 5) is 20.0. The number of fused-ring (bicyclic) bond motifs is 1. The average Bonchev–Trinajstić information content (AvgIpc) is 2.87. The second-order valence-electron chi connectivity index (χ2n) is 7.26. The third-order valence-electron chi connectivity index (χ3n) is 5.40. The predicted molar refractivity (Wildman–Crippen MR) is 103 cm³/mol. The van der Waals surface area contributed by atoms with Crippen LogP contribution >= 0.6 is 0 Å². The van der Waals surface area contributed by atoms with Crippen LogP contribution in [0.4, 0.5) is 8.78 Å². The van der Waals surface area contributed by atoms with E-state index in [1.54, 1.807) is 0 Å². The van der Waals surface area contributed by atoms with Crippen molar-refractivity contribution in [3.8, 4) is 0 Å². The first kappa shape index (κ1) is 19.9. The highest BCUT2D eigenvalue weighted by Crippen LogP contribution is 2.27. The van der Waals surface area contributed by atoms with Crippen molar-refractivity contribution in [1.82, 2.24) is 19.8 Å². The number of hydrogen-bond acceptors (Lipinski definition) is 4. The number of halogens is 2. The van der Waals surface area contributed by atoms with Crippen LogP contribution in [0.2, 0.25) is 0 Å². The van der Waals surface area contributed by atoms with Crippen molar-refractivity contribution >= 4 is 10.9 Å². The van der Waals surface area contributed by atoms with Gasteiger partial charge in [-0.25, -0.2) is 13.8 Å². The van der Waals surface area contributed by atoms with E-state index in [2.05, 4.69) is 29.0 Å². The largest absolute Gasteiger partial charge is 0.313 e. The number of nitrogens with one attached hydrogen (secondary N) is 1. The van der Waals surface area contributed by atoms with Gasteiger partial charge >= 0.3 is 0 Å². The van der Waals surface area contributed by atoms with Gasteiger partial charge in [0.2, 0.25) is 0 Å². The van der Waals surface area contributed by atoms with E-state index in [4.69, 9.17) is 0 Å². The van der Waals surface area contributed by atoms with Gasteiger partial charge in [-0.15, -0.1) is 0 Å². The second kappa shape index (κ2) is 8.44. The van der Waals surface area contributed by atoms with Crippen molar-refractivity contribution in [2.45, 2.75) is 58.7 Å². The van der Waals surface area contributed by atoms with E-state index in [1.165, 1.54) is 10.6 Å². The summed E-state index contributed by atoms with van der Waals surface area (Å²) in [5.41, 5.74) is -0.280. The maximum absolute atomic E-state index is 14.3. The summed E-state index contributed by atoms with van der Waals surface area (Å²) in [7, 11) is 0. The predicted octanol–water partition coefficient (Wildman–Crippen LogP) is 3.22. The van der Waals surface area contributed by atoms with Gasteiger partial charge in [0.25, 0.3) is 5.56 Å². The number of hydrogen-bond donors (Lipinski definition) is 1. The van der Waals surface area contributed by atoms with Crippen molar-refractivity contribution in [1.29, 1.82) is 0 Å². The molecule has 27 heavy (non-hydrogen) atoms. The minimum Gasteiger partial charge on any atom is -0.313 e. The fraction of sp³-hybridized carbons (Fsp3) is 0.600. The van der Waals surface area contributed by atoms with Crippen LogP contribution in [0.3, 0.4) is 0 Å². The Labute approximate surface area is 158 Å². The summed E-state index contributed by atoms with van der Waals surface area (Å²) in [5, 5.41) is 3.22. The van der Waals surface area contributed by atoms with Gasteiger partial charge in [0.1, 0.15) is 11.2 Å². The third-order valence-corrected chi connectivity index (χ3v) is 5.40. The Morgan fingerprint density at radius 2 is 2.07 bits per heavy atom. The topological polar surface area (TPSA) is 50.2 Å². The molecule has 1 aromatic heterocycles. The third kappa shape index (κ3) is 3.89. The molecule has 3 rings (SSSR count). The zero-order valence-electron chi connectivity index (χ0n) is 16.3. The number of benzene rings is 1. The smallest absolute Gasteiger partial charge is 0.264 e. The second-order valence-corrected chi connectivity index (χ2v) is 7.26. The summed E-state index contributed by atoms with van der Waals surface area (Å²) >= 11 is 0. The molecule has 5 nitrogen and oxygen atoms in total. The van der Waals surface area contributed by atoms with Crippen LogP contribution in [-0.4, -0.2) is 40.1 Å². The lowest BCUT2D eigenvalue weighted by Crippen LogP contribution is -2.37. The maximum atomic E-state index is 14.3. The zero-order valence-corrected chi connectivity index (χ0v) is 16.3. The molecule has 1 aliphatic rings. The lowest BCUT2D eigenvalue weighted by atomic mass is 10.1. The molecule has 2 atom stereocenters. The summed E-state index contributed by atoms with van der Waals surface area (Å²) in [6.45, 7) is 9.15. The van der Waals surface area contributed by atoms with Crippen LogP contribution in [0.1, 0.15) is 51.9 Å². The summed E-state index contributed by atoms with van der Waals surface area (Å²) in [5.74, 6) is -1.48. The van der Waals surface area contributed by atoms with E-state index in [0.717, 1.165) is 45.0 Å². The van der Waals surface area contributed by atoms with Gasteiger partial charge in [0.05, 0.1) is 11.6 Å². The van der Waals surface area contributed by atoms with Crippen LogP contribution in [0.25, 0.3) is 10.9 Å². The van der Waals surface area contributed by atoms with Gasteiger partial charge in [-0.2, -0.15) is 0 Å². The van der Waals surface area contributed by atoms with Crippen LogP contribution in [-0.2, 0) is 6.54 Å². The van der Waals surface area contributed by atoms with E-state index < -0.39 is 17.2 Å². The van der Waals surface area contributed by atoms with E-state index in [1.807, 2.05) is 6.92 Å². The van der Waals surface area contributed by atoms with Crippen molar-refractivity contribution in [3.05, 3.63) is 39.9 Å². The average molecular weight is 378 g/mol. The highest BCUT2D eigenvalue weighted by atomic mass is 19.2. The molecule has 2 aromatic rings. The van der Waals surface area contributed by atoms with Gasteiger partial charge in [-0.1, -0.05) is 13.3 Å². The summed E-state index contributed by atoms with van der Waals surface area (Å²) in [6.07, 6.45) is 2.82. The fourth-order valence-corrected chi connectivity index (χ4v) is 3.91. The van der Waals surface area contributed by atoms with Crippen molar-refractivity contribution in [2.24, 2.45) is 0 Å². The molecular weight excluding hydrogens is 350 g/mol. The van der Waals surface area contributed by atoms with E-state index >= 15 is 0 Å². The first-order valence-corrected chi connectivity index (χ1v) is 9.83. The zero-order chi connectivity index (χ0) is 19.6. The maximum Gasteiger partial charge on any atom is 0.264 e. The Morgan fingerprint density at radius 3 is 2.78 bits per heavy atom. The molecule has 0 unspecified atom stereocenters. The highest BCUT2D eigenvalue weighted by molar-refractivity contribution is 5.78. The summed E-state index contributed by atoms with van der Waals surface area (Å²) < 4.78 is 29.4. The molecule has 1 aliphatic heterocycles. The first-order chi connectivity index (χ1) is 13.0. The molecule has 2 heterocycles. The van der Waals surface area contributed by atoms with E-state index in [-0.39, 0.29) is 16.9 Å². The van der Waals surface area contributed by atoms with Crippen LogP contribution in [0.15, 0.2) is 16.9 Å². The Morgan fingerprint density at radius 1 is 1.30 bits per heavy atom. The molecule has 1 saturated heterocycles. The lowest BCUT2D eigenvalue weighted by molar-refractivity contribution is 0.184. The molecule has 0 bridgehead atoms. The molecule has 7 heteroatoms. The Hall–Kier alpha value is -1.86. The Balaban J connectivity index is 2.14. The molecule has 1 aromatic carbocycles. The van der Waals surface area contributed by atoms with Gasteiger partial charge in [-0.3, -0.25) is 14.3 Å². The van der Waals surface area contributed by atoms with Gasteiger partial charge in [0.15, 0.2) is 11.6 Å². The molecule has 0 saturated carbocycles. The van der Waals surface area contributed by atoms with Crippen molar-refractivity contribution < 1.29 is 8.78 Å². The minimum atomic E-state index is -1.11. The molecule has 148 valence electrons. The molecule has 0 aliphatic carbocycles. The number of nitrogens with zero attached hydrogens (tertiary/aromatic N) is 3. The van der Waals surface area contributed by atoms with Gasteiger partial charge in [-0.05, 0) is 38.8 Å². The first-order valence-electron chi connectivity index (χ1n) is 9.83. The molecule has 1 fully saturated rings. The lowest BCUT2D eigenvalue weighted by Gasteiger charge is -2.31. The van der Waals surface area contributed by atoms with E-state index in [0.29, 0.717) is 18.4 Å². The van der Waals surface area contributed by atoms with Crippen molar-refractivity contribution in [3.63, 3.8) is 0 Å². The standard InChI is InChI=1S/C20H28F2N4O/c1-4-6-16(25-11-9-13(3)23-10-12-25)19-24-15-8-7-14(21)18(22)17(15)20(27)26(19)5-2/h7-8,13,16,23H,4-6,9-12H2,1-3H3/t13-,16-/m1/s1. The molecule has 1 N–H and O–H groups in total. The van der Waals surface area contributed by atoms with Crippen LogP contribution in [0, 0.1) is 11.6 Å². The summed E-state index contributed by atoms with van der Waals surface area (Å²) in [6, 6.07) is 2.86. The minimum absolute atomic E-state index is 0.0211. The van der Waals surface area contributed by atoms with Gasteiger partial charge in [0, 0.05) is 32.2 Å².